The summed E-state index contributed by atoms with van der Waals surface area (Å²) in [6, 6.07) is 7.69. The fourth-order valence-corrected chi connectivity index (χ4v) is 4.54. The number of ether oxygens (including phenoxy) is 3. The monoisotopic (exact) mass is 448 g/mol. The molecule has 1 saturated carbocycles. The van der Waals surface area contributed by atoms with Gasteiger partial charge in [0.15, 0.2) is 11.5 Å². The maximum absolute atomic E-state index is 13.0. The number of benzene rings is 2. The predicted molar refractivity (Wildman–Crippen MR) is 117 cm³/mol. The molecule has 3 rings (SSSR count). The van der Waals surface area contributed by atoms with Gasteiger partial charge in [0, 0.05) is 11.6 Å². The number of hydrogen-bond acceptors (Lipinski definition) is 6. The number of methoxy groups -OCH3 is 3. The molecule has 1 atom stereocenters. The fourth-order valence-electron chi connectivity index (χ4n) is 3.21. The lowest BCUT2D eigenvalue weighted by atomic mass is 10.0. The van der Waals surface area contributed by atoms with Crippen LogP contribution in [0.5, 0.6) is 17.2 Å². The van der Waals surface area contributed by atoms with Gasteiger partial charge in [0.2, 0.25) is 15.8 Å². The Labute approximate surface area is 182 Å². The lowest BCUT2D eigenvalue weighted by molar-refractivity contribution is 0.0939. The van der Waals surface area contributed by atoms with Crippen molar-refractivity contribution in [2.45, 2.75) is 43.7 Å². The zero-order chi connectivity index (χ0) is 22.8. The summed E-state index contributed by atoms with van der Waals surface area (Å²) in [5, 5.41) is 2.92. The number of sulfonamides is 1. The summed E-state index contributed by atoms with van der Waals surface area (Å²) in [5.41, 5.74) is 1.73. The van der Waals surface area contributed by atoms with Crippen LogP contribution in [-0.4, -0.2) is 41.7 Å². The Balaban J connectivity index is 1.85. The normalized spacial score (nSPS) is 14.6. The molecule has 168 valence electrons. The molecule has 1 aliphatic rings. The highest BCUT2D eigenvalue weighted by atomic mass is 32.2. The van der Waals surface area contributed by atoms with Crippen molar-refractivity contribution < 1.29 is 27.4 Å². The molecule has 0 aromatic heterocycles. The van der Waals surface area contributed by atoms with E-state index in [1.807, 2.05) is 6.92 Å². The minimum Gasteiger partial charge on any atom is -0.493 e. The van der Waals surface area contributed by atoms with Crippen LogP contribution in [0.1, 0.15) is 47.3 Å². The molecule has 1 aliphatic carbocycles. The fraction of sp³-hybridized carbons (Fsp3) is 0.409. The number of rotatable bonds is 9. The van der Waals surface area contributed by atoms with Crippen LogP contribution in [0.2, 0.25) is 0 Å². The van der Waals surface area contributed by atoms with E-state index in [0.717, 1.165) is 18.4 Å². The van der Waals surface area contributed by atoms with Crippen molar-refractivity contribution in [2.75, 3.05) is 21.3 Å². The number of hydrogen-bond donors (Lipinski definition) is 2. The van der Waals surface area contributed by atoms with Crippen LogP contribution < -0.4 is 24.2 Å². The molecule has 1 unspecified atom stereocenters. The Hall–Kier alpha value is -2.78. The first-order valence-electron chi connectivity index (χ1n) is 9.94. The topological polar surface area (TPSA) is 103 Å². The first-order chi connectivity index (χ1) is 14.7. The molecule has 0 radical (unpaired) electrons. The highest BCUT2D eigenvalue weighted by Gasteiger charge is 2.28. The van der Waals surface area contributed by atoms with Gasteiger partial charge < -0.3 is 19.5 Å². The zero-order valence-electron chi connectivity index (χ0n) is 18.3. The third kappa shape index (κ3) is 5.11. The first-order valence-corrected chi connectivity index (χ1v) is 11.4. The third-order valence-electron chi connectivity index (χ3n) is 5.20. The van der Waals surface area contributed by atoms with Gasteiger partial charge in [-0.05, 0) is 62.1 Å². The van der Waals surface area contributed by atoms with Crippen molar-refractivity contribution in [2.24, 2.45) is 0 Å². The van der Waals surface area contributed by atoms with Gasteiger partial charge >= 0.3 is 0 Å². The Morgan fingerprint density at radius 2 is 1.65 bits per heavy atom. The van der Waals surface area contributed by atoms with E-state index in [-0.39, 0.29) is 16.8 Å². The van der Waals surface area contributed by atoms with Crippen molar-refractivity contribution >= 4 is 15.9 Å². The second-order valence-electron chi connectivity index (χ2n) is 7.53. The van der Waals surface area contributed by atoms with E-state index in [1.54, 1.807) is 25.1 Å². The van der Waals surface area contributed by atoms with Crippen molar-refractivity contribution in [3.8, 4) is 17.2 Å². The number of carbonyl (C=O) groups excluding carboxylic acids is 1. The third-order valence-corrected chi connectivity index (χ3v) is 6.72. The average molecular weight is 449 g/mol. The SMILES string of the molecule is COc1cc(C(C)NC(=O)c2cc(S(=O)(=O)NC3CC3)ccc2C)cc(OC)c1OC. The van der Waals surface area contributed by atoms with Crippen LogP contribution in [0.25, 0.3) is 0 Å². The molecule has 0 aliphatic heterocycles. The van der Waals surface area contributed by atoms with Crippen LogP contribution in [0.4, 0.5) is 0 Å². The lowest BCUT2D eigenvalue weighted by Crippen LogP contribution is -2.29. The molecule has 2 N–H and O–H groups in total. The lowest BCUT2D eigenvalue weighted by Gasteiger charge is -2.19. The quantitative estimate of drug-likeness (QED) is 0.611. The summed E-state index contributed by atoms with van der Waals surface area (Å²) < 4.78 is 43.8. The van der Waals surface area contributed by atoms with E-state index in [2.05, 4.69) is 10.0 Å². The van der Waals surface area contributed by atoms with E-state index < -0.39 is 16.1 Å². The second-order valence-corrected chi connectivity index (χ2v) is 9.24. The maximum Gasteiger partial charge on any atom is 0.252 e. The van der Waals surface area contributed by atoms with Gasteiger partial charge in [0.05, 0.1) is 32.3 Å². The van der Waals surface area contributed by atoms with Crippen molar-refractivity contribution in [1.82, 2.24) is 10.0 Å². The van der Waals surface area contributed by atoms with Crippen molar-refractivity contribution in [3.63, 3.8) is 0 Å². The maximum atomic E-state index is 13.0. The summed E-state index contributed by atoms with van der Waals surface area (Å²) in [7, 11) is 0.914. The van der Waals surface area contributed by atoms with Crippen LogP contribution in [0.15, 0.2) is 35.2 Å². The number of nitrogens with one attached hydrogen (secondary N) is 2. The summed E-state index contributed by atoms with van der Waals surface area (Å²) in [6.45, 7) is 3.59. The Bertz CT molecular complexity index is 1050. The van der Waals surface area contributed by atoms with Gasteiger partial charge in [-0.25, -0.2) is 13.1 Å². The molecule has 0 saturated heterocycles. The summed E-state index contributed by atoms with van der Waals surface area (Å²) in [4.78, 5) is 13.1. The zero-order valence-corrected chi connectivity index (χ0v) is 19.1. The minimum atomic E-state index is -3.65. The van der Waals surface area contributed by atoms with E-state index in [0.29, 0.717) is 28.4 Å². The van der Waals surface area contributed by atoms with Crippen LogP contribution in [0, 0.1) is 6.92 Å². The van der Waals surface area contributed by atoms with Gasteiger partial charge in [-0.3, -0.25) is 4.79 Å². The second kappa shape index (κ2) is 9.15. The molecule has 1 fully saturated rings. The molecule has 8 nitrogen and oxygen atoms in total. The Morgan fingerprint density at radius 3 is 2.16 bits per heavy atom. The van der Waals surface area contributed by atoms with Gasteiger partial charge in [0.1, 0.15) is 0 Å². The standard InChI is InChI=1S/C22H28N2O6S/c1-13-6-9-17(31(26,27)24-16-7-8-16)12-18(13)22(25)23-14(2)15-10-19(28-3)21(30-5)20(11-15)29-4/h6,9-12,14,16,24H,7-8H2,1-5H3,(H,23,25). The van der Waals surface area contributed by atoms with E-state index in [4.69, 9.17) is 14.2 Å². The molecule has 2 aromatic carbocycles. The Morgan fingerprint density at radius 1 is 1.03 bits per heavy atom. The van der Waals surface area contributed by atoms with Gasteiger partial charge in [-0.1, -0.05) is 6.07 Å². The van der Waals surface area contributed by atoms with Gasteiger partial charge in [-0.15, -0.1) is 0 Å². The highest BCUT2D eigenvalue weighted by Crippen LogP contribution is 2.39. The van der Waals surface area contributed by atoms with E-state index >= 15 is 0 Å². The minimum absolute atomic E-state index is 0.0105. The molecule has 2 aromatic rings. The van der Waals surface area contributed by atoms with Gasteiger partial charge in [0.25, 0.3) is 5.91 Å². The highest BCUT2D eigenvalue weighted by molar-refractivity contribution is 7.89. The molecule has 0 spiro atoms. The molecule has 0 bridgehead atoms. The smallest absolute Gasteiger partial charge is 0.252 e. The number of amides is 1. The Kier molecular flexibility index (Phi) is 6.76. The van der Waals surface area contributed by atoms with Crippen LogP contribution in [-0.2, 0) is 10.0 Å². The number of aryl methyl sites for hydroxylation is 1. The number of carbonyl (C=O) groups is 1. The molecule has 1 amide bonds. The predicted octanol–water partition coefficient (Wildman–Crippen LogP) is 2.95. The summed E-state index contributed by atoms with van der Waals surface area (Å²) >= 11 is 0. The van der Waals surface area contributed by atoms with Crippen molar-refractivity contribution in [1.29, 1.82) is 0 Å². The van der Waals surface area contributed by atoms with E-state index in [1.165, 1.54) is 33.5 Å². The first kappa shape index (κ1) is 22.9. The van der Waals surface area contributed by atoms with E-state index in [9.17, 15) is 13.2 Å². The van der Waals surface area contributed by atoms with Crippen LogP contribution in [0.3, 0.4) is 0 Å². The molecule has 0 heterocycles. The largest absolute Gasteiger partial charge is 0.493 e. The van der Waals surface area contributed by atoms with Gasteiger partial charge in [-0.2, -0.15) is 0 Å². The molecular weight excluding hydrogens is 420 g/mol. The molecule has 9 heteroatoms. The summed E-state index contributed by atoms with van der Waals surface area (Å²) in [6.07, 6.45) is 1.68. The van der Waals surface area contributed by atoms with Crippen molar-refractivity contribution in [3.05, 3.63) is 47.0 Å². The molecular formula is C22H28N2O6S. The molecule has 31 heavy (non-hydrogen) atoms. The van der Waals surface area contributed by atoms with Crippen LogP contribution >= 0.6 is 0 Å². The summed E-state index contributed by atoms with van der Waals surface area (Å²) in [5.74, 6) is 1.05. The average Bonchev–Trinajstić information content (AvgIpc) is 3.55.